The smallest absolute Gasteiger partial charge is 0.213 e. The molecule has 1 unspecified atom stereocenters. The van der Waals surface area contributed by atoms with Crippen LogP contribution < -0.4 is 9.44 Å². The molecule has 2 rings (SSSR count). The normalized spacial score (nSPS) is 20.8. The molecule has 6 nitrogen and oxygen atoms in total. The van der Waals surface area contributed by atoms with Gasteiger partial charge in [-0.2, -0.15) is 0 Å². The predicted molar refractivity (Wildman–Crippen MR) is 137 cm³/mol. The minimum absolute atomic E-state index is 0.213. The first-order chi connectivity index (χ1) is 15.5. The topological polar surface area (TPSA) is 92.3 Å². The number of benzene rings is 1. The number of hydrogen-bond donors (Lipinski definition) is 2. The second kappa shape index (κ2) is 13.2. The van der Waals surface area contributed by atoms with Crippen molar-refractivity contribution in [3.63, 3.8) is 0 Å². The Morgan fingerprint density at radius 1 is 0.909 bits per heavy atom. The van der Waals surface area contributed by atoms with E-state index in [4.69, 9.17) is 0 Å². The number of nitrogens with one attached hydrogen (secondary N) is 2. The first-order valence-electron chi connectivity index (χ1n) is 12.6. The molecule has 1 aliphatic rings. The van der Waals surface area contributed by atoms with Gasteiger partial charge < -0.3 is 0 Å². The van der Waals surface area contributed by atoms with Gasteiger partial charge in [0.15, 0.2) is 0 Å². The third-order valence-corrected chi connectivity index (χ3v) is 10.3. The molecule has 190 valence electrons. The van der Waals surface area contributed by atoms with Crippen LogP contribution in [-0.2, 0) is 26.5 Å². The van der Waals surface area contributed by atoms with Gasteiger partial charge in [-0.1, -0.05) is 51.0 Å². The first-order valence-corrected chi connectivity index (χ1v) is 15.8. The number of hydrogen-bond acceptors (Lipinski definition) is 4. The minimum Gasteiger partial charge on any atom is -0.215 e. The van der Waals surface area contributed by atoms with Gasteiger partial charge in [0.1, 0.15) is 0 Å². The molecule has 8 heteroatoms. The van der Waals surface area contributed by atoms with E-state index in [0.29, 0.717) is 37.3 Å². The molecule has 0 heterocycles. The molecule has 1 aromatic rings. The second-order valence-corrected chi connectivity index (χ2v) is 14.2. The van der Waals surface area contributed by atoms with E-state index in [1.165, 1.54) is 5.56 Å². The maximum Gasteiger partial charge on any atom is 0.213 e. The summed E-state index contributed by atoms with van der Waals surface area (Å²) in [6.45, 7) is 8.59. The predicted octanol–water partition coefficient (Wildman–Crippen LogP) is 4.58. The van der Waals surface area contributed by atoms with Crippen molar-refractivity contribution < 1.29 is 16.8 Å². The van der Waals surface area contributed by atoms with Gasteiger partial charge in [0.25, 0.3) is 0 Å². The SMILES string of the molecule is CCCCCS(=O)(=O)NCCc1ccc(C2CCC(C(C)CNS(=O)(=O)C(C)C)CC2)cc1. The fourth-order valence-corrected chi connectivity index (χ4v) is 6.49. The van der Waals surface area contributed by atoms with Crippen LogP contribution in [0.3, 0.4) is 0 Å². The molecule has 1 atom stereocenters. The summed E-state index contributed by atoms with van der Waals surface area (Å²) in [6, 6.07) is 8.62. The molecule has 33 heavy (non-hydrogen) atoms. The van der Waals surface area contributed by atoms with Crippen LogP contribution in [0.25, 0.3) is 0 Å². The fraction of sp³-hybridized carbons (Fsp3) is 0.760. The monoisotopic (exact) mass is 500 g/mol. The lowest BCUT2D eigenvalue weighted by atomic mass is 9.74. The van der Waals surface area contributed by atoms with Gasteiger partial charge >= 0.3 is 0 Å². The minimum atomic E-state index is -3.20. The summed E-state index contributed by atoms with van der Waals surface area (Å²) < 4.78 is 53.5. The Morgan fingerprint density at radius 3 is 2.12 bits per heavy atom. The highest BCUT2D eigenvalue weighted by Crippen LogP contribution is 2.38. The third-order valence-electron chi connectivity index (χ3n) is 7.01. The molecule has 1 fully saturated rings. The second-order valence-electron chi connectivity index (χ2n) is 9.94. The highest BCUT2D eigenvalue weighted by molar-refractivity contribution is 7.90. The fourth-order valence-electron chi connectivity index (χ4n) is 4.52. The van der Waals surface area contributed by atoms with Crippen molar-refractivity contribution >= 4 is 20.0 Å². The van der Waals surface area contributed by atoms with Crippen molar-refractivity contribution in [1.82, 2.24) is 9.44 Å². The summed E-state index contributed by atoms with van der Waals surface area (Å²) >= 11 is 0. The van der Waals surface area contributed by atoms with Crippen molar-refractivity contribution in [2.24, 2.45) is 11.8 Å². The molecule has 2 N–H and O–H groups in total. The lowest BCUT2D eigenvalue weighted by molar-refractivity contribution is 0.246. The molecule has 0 spiro atoms. The van der Waals surface area contributed by atoms with Gasteiger partial charge in [-0.25, -0.2) is 26.3 Å². The maximum atomic E-state index is 12.0. The standard InChI is InChI=1S/C25H44N2O4S2/c1-5-6-7-18-32(28,29)26-17-16-22-8-10-24(11-9-22)25-14-12-23(13-15-25)21(4)19-27-33(30,31)20(2)3/h8-11,20-21,23,25-27H,5-7,12-19H2,1-4H3. The van der Waals surface area contributed by atoms with E-state index in [2.05, 4.69) is 47.6 Å². The Labute approximate surface area is 202 Å². The third kappa shape index (κ3) is 9.67. The van der Waals surface area contributed by atoms with Crippen molar-refractivity contribution in [3.05, 3.63) is 35.4 Å². The lowest BCUT2D eigenvalue weighted by Gasteiger charge is -2.32. The van der Waals surface area contributed by atoms with Gasteiger partial charge in [0.2, 0.25) is 20.0 Å². The molecule has 0 bridgehead atoms. The zero-order chi connectivity index (χ0) is 24.5. The van der Waals surface area contributed by atoms with Gasteiger partial charge in [0.05, 0.1) is 11.0 Å². The summed E-state index contributed by atoms with van der Waals surface area (Å²) in [5, 5.41) is -0.394. The quantitative estimate of drug-likeness (QED) is 0.366. The summed E-state index contributed by atoms with van der Waals surface area (Å²) in [5.41, 5.74) is 2.50. The van der Waals surface area contributed by atoms with Crippen LogP contribution >= 0.6 is 0 Å². The Bertz CT molecular complexity index is 904. The van der Waals surface area contributed by atoms with Crippen LogP contribution in [0.5, 0.6) is 0 Å². The zero-order valence-electron chi connectivity index (χ0n) is 20.8. The van der Waals surface area contributed by atoms with Crippen LogP contribution in [0, 0.1) is 11.8 Å². The van der Waals surface area contributed by atoms with Gasteiger partial charge in [-0.15, -0.1) is 0 Å². The molecule has 0 aliphatic heterocycles. The molecule has 0 radical (unpaired) electrons. The lowest BCUT2D eigenvalue weighted by Crippen LogP contribution is -2.36. The number of rotatable bonds is 14. The molecule has 1 aromatic carbocycles. The van der Waals surface area contributed by atoms with Gasteiger partial charge in [-0.05, 0) is 81.3 Å². The van der Waals surface area contributed by atoms with Gasteiger partial charge in [0, 0.05) is 13.1 Å². The average molecular weight is 501 g/mol. The Balaban J connectivity index is 1.75. The molecular weight excluding hydrogens is 456 g/mol. The largest absolute Gasteiger partial charge is 0.215 e. The Kier molecular flexibility index (Phi) is 11.3. The van der Waals surface area contributed by atoms with Crippen LogP contribution in [0.15, 0.2) is 24.3 Å². The molecule has 1 aliphatic carbocycles. The highest BCUT2D eigenvalue weighted by atomic mass is 32.2. The maximum absolute atomic E-state index is 12.0. The van der Waals surface area contributed by atoms with Crippen LogP contribution in [0.2, 0.25) is 0 Å². The Morgan fingerprint density at radius 2 is 1.55 bits per heavy atom. The van der Waals surface area contributed by atoms with E-state index in [0.717, 1.165) is 50.5 Å². The average Bonchev–Trinajstić information content (AvgIpc) is 2.78. The molecular formula is C25H44N2O4S2. The zero-order valence-corrected chi connectivity index (χ0v) is 22.5. The molecule has 0 amide bonds. The van der Waals surface area contributed by atoms with Crippen molar-refractivity contribution in [2.75, 3.05) is 18.8 Å². The first kappa shape index (κ1) is 28.3. The number of sulfonamides is 2. The van der Waals surface area contributed by atoms with Gasteiger partial charge in [-0.3, -0.25) is 0 Å². The van der Waals surface area contributed by atoms with Crippen LogP contribution in [0.4, 0.5) is 0 Å². The summed E-state index contributed by atoms with van der Waals surface area (Å²) in [7, 11) is -6.36. The van der Waals surface area contributed by atoms with Crippen LogP contribution in [-0.4, -0.2) is 40.9 Å². The van der Waals surface area contributed by atoms with Crippen molar-refractivity contribution in [3.8, 4) is 0 Å². The summed E-state index contributed by atoms with van der Waals surface area (Å²) in [6.07, 6.45) is 7.88. The summed E-state index contributed by atoms with van der Waals surface area (Å²) in [5.74, 6) is 1.66. The molecule has 0 saturated heterocycles. The van der Waals surface area contributed by atoms with E-state index in [9.17, 15) is 16.8 Å². The van der Waals surface area contributed by atoms with E-state index in [1.807, 2.05) is 0 Å². The highest BCUT2D eigenvalue weighted by Gasteiger charge is 2.27. The number of unbranched alkanes of at least 4 members (excludes halogenated alkanes) is 2. The van der Waals surface area contributed by atoms with E-state index >= 15 is 0 Å². The van der Waals surface area contributed by atoms with E-state index < -0.39 is 25.3 Å². The van der Waals surface area contributed by atoms with Crippen molar-refractivity contribution in [2.45, 2.75) is 90.2 Å². The Hall–Kier alpha value is -0.960. The molecule has 0 aromatic heterocycles. The van der Waals surface area contributed by atoms with E-state index in [1.54, 1.807) is 13.8 Å². The van der Waals surface area contributed by atoms with Crippen LogP contribution in [0.1, 0.15) is 89.7 Å². The van der Waals surface area contributed by atoms with Crippen molar-refractivity contribution in [1.29, 1.82) is 0 Å². The molecule has 1 saturated carbocycles. The van der Waals surface area contributed by atoms with E-state index in [-0.39, 0.29) is 5.75 Å². The summed E-state index contributed by atoms with van der Waals surface area (Å²) in [4.78, 5) is 0.